The molecule has 1 saturated heterocycles. The molecular formula is C17H16FN3O2S. The third kappa shape index (κ3) is 2.86. The fourth-order valence-electron chi connectivity index (χ4n) is 2.71. The minimum atomic E-state index is -0.453. The smallest absolute Gasteiger partial charge is 0.261 e. The van der Waals surface area contributed by atoms with Gasteiger partial charge in [0, 0.05) is 31.3 Å². The summed E-state index contributed by atoms with van der Waals surface area (Å²) in [6.07, 6.45) is 0. The average molecular weight is 345 g/mol. The van der Waals surface area contributed by atoms with Crippen molar-refractivity contribution in [2.75, 3.05) is 38.3 Å². The number of ether oxygens (including phenoxy) is 1. The van der Waals surface area contributed by atoms with E-state index in [0.29, 0.717) is 47.3 Å². The lowest BCUT2D eigenvalue weighted by atomic mass is 10.0. The van der Waals surface area contributed by atoms with Crippen molar-refractivity contribution in [2.45, 2.75) is 0 Å². The number of carbonyl (C=O) groups excluding carboxylic acids is 1. The van der Waals surface area contributed by atoms with Gasteiger partial charge in [0.15, 0.2) is 0 Å². The number of amides is 1. The highest BCUT2D eigenvalue weighted by Crippen LogP contribution is 2.42. The molecule has 0 spiro atoms. The first-order valence-corrected chi connectivity index (χ1v) is 8.35. The van der Waals surface area contributed by atoms with Crippen LogP contribution in [-0.2, 0) is 4.74 Å². The molecule has 1 aliphatic heterocycles. The molecule has 1 aliphatic rings. The van der Waals surface area contributed by atoms with Gasteiger partial charge in [-0.3, -0.25) is 4.79 Å². The molecule has 124 valence electrons. The second kappa shape index (κ2) is 6.99. The number of thiophene rings is 1. The molecule has 5 nitrogen and oxygen atoms in total. The largest absolute Gasteiger partial charge is 0.378 e. The van der Waals surface area contributed by atoms with Gasteiger partial charge in [0.1, 0.15) is 21.8 Å². The van der Waals surface area contributed by atoms with Gasteiger partial charge in [-0.15, -0.1) is 11.3 Å². The van der Waals surface area contributed by atoms with Gasteiger partial charge in [0.2, 0.25) is 0 Å². The van der Waals surface area contributed by atoms with Crippen molar-refractivity contribution in [2.24, 2.45) is 0 Å². The van der Waals surface area contributed by atoms with Gasteiger partial charge in [-0.2, -0.15) is 5.26 Å². The van der Waals surface area contributed by atoms with Gasteiger partial charge in [-0.1, -0.05) is 18.2 Å². The molecule has 1 aromatic carbocycles. The topological polar surface area (TPSA) is 65.4 Å². The van der Waals surface area contributed by atoms with E-state index in [-0.39, 0.29) is 11.5 Å². The molecule has 0 radical (unpaired) electrons. The number of carbonyl (C=O) groups is 1. The van der Waals surface area contributed by atoms with Crippen molar-refractivity contribution in [3.63, 3.8) is 0 Å². The molecule has 1 fully saturated rings. The quantitative estimate of drug-likeness (QED) is 0.929. The number of morpholine rings is 1. The summed E-state index contributed by atoms with van der Waals surface area (Å²) in [6, 6.07) is 8.37. The predicted molar refractivity (Wildman–Crippen MR) is 90.9 cm³/mol. The molecule has 1 N–H and O–H groups in total. The first kappa shape index (κ1) is 16.4. The molecule has 0 aliphatic carbocycles. The highest BCUT2D eigenvalue weighted by molar-refractivity contribution is 7.18. The summed E-state index contributed by atoms with van der Waals surface area (Å²) >= 11 is 1.22. The second-order valence-electron chi connectivity index (χ2n) is 5.26. The maximum atomic E-state index is 14.3. The van der Waals surface area contributed by atoms with Crippen LogP contribution in [0.1, 0.15) is 15.2 Å². The standard InChI is InChI=1S/C17H16FN3O2S/c1-20-16(22)15-14(11-4-2-3-5-13(11)18)12(10-19)17(24-15)21-6-8-23-9-7-21/h2-5H,6-9H2,1H3,(H,20,22). The Hall–Kier alpha value is -2.43. The number of nitriles is 1. The Balaban J connectivity index is 2.22. The molecule has 7 heteroatoms. The first-order chi connectivity index (χ1) is 11.7. The summed E-state index contributed by atoms with van der Waals surface area (Å²) in [5.41, 5.74) is 0.968. The average Bonchev–Trinajstić information content (AvgIpc) is 3.01. The Bertz CT molecular complexity index is 807. The van der Waals surface area contributed by atoms with Crippen LogP contribution in [0.2, 0.25) is 0 Å². The van der Waals surface area contributed by atoms with E-state index >= 15 is 0 Å². The third-order valence-corrected chi connectivity index (χ3v) is 5.13. The monoisotopic (exact) mass is 345 g/mol. The van der Waals surface area contributed by atoms with Crippen LogP contribution >= 0.6 is 11.3 Å². The van der Waals surface area contributed by atoms with Gasteiger partial charge in [0.05, 0.1) is 18.8 Å². The van der Waals surface area contributed by atoms with Crippen molar-refractivity contribution >= 4 is 22.2 Å². The summed E-state index contributed by atoms with van der Waals surface area (Å²) in [4.78, 5) is 14.7. The molecule has 1 aromatic heterocycles. The number of rotatable bonds is 3. The maximum Gasteiger partial charge on any atom is 0.261 e. The highest BCUT2D eigenvalue weighted by atomic mass is 32.1. The molecule has 24 heavy (non-hydrogen) atoms. The molecular weight excluding hydrogens is 329 g/mol. The fraction of sp³-hybridized carbons (Fsp3) is 0.294. The zero-order valence-electron chi connectivity index (χ0n) is 13.1. The van der Waals surface area contributed by atoms with E-state index < -0.39 is 5.82 Å². The van der Waals surface area contributed by atoms with E-state index in [4.69, 9.17) is 4.74 Å². The minimum absolute atomic E-state index is 0.267. The SMILES string of the molecule is CNC(=O)c1sc(N2CCOCC2)c(C#N)c1-c1ccccc1F. The van der Waals surface area contributed by atoms with Crippen LogP contribution in [0.25, 0.3) is 11.1 Å². The van der Waals surface area contributed by atoms with Crippen LogP contribution in [0.4, 0.5) is 9.39 Å². The lowest BCUT2D eigenvalue weighted by molar-refractivity contribution is 0.0967. The maximum absolute atomic E-state index is 14.3. The highest BCUT2D eigenvalue weighted by Gasteiger charge is 2.28. The summed E-state index contributed by atoms with van der Waals surface area (Å²) in [5, 5.41) is 13.0. The molecule has 0 saturated carbocycles. The number of benzene rings is 1. The minimum Gasteiger partial charge on any atom is -0.378 e. The Morgan fingerprint density at radius 3 is 2.71 bits per heavy atom. The van der Waals surface area contributed by atoms with E-state index in [2.05, 4.69) is 11.4 Å². The van der Waals surface area contributed by atoms with Gasteiger partial charge in [-0.05, 0) is 6.07 Å². The molecule has 3 rings (SSSR count). The Labute approximate surface area is 143 Å². The van der Waals surface area contributed by atoms with Crippen molar-refractivity contribution in [1.29, 1.82) is 5.26 Å². The summed E-state index contributed by atoms with van der Waals surface area (Å²) in [7, 11) is 1.52. The number of nitrogens with one attached hydrogen (secondary N) is 1. The van der Waals surface area contributed by atoms with E-state index in [0.717, 1.165) is 0 Å². The Morgan fingerprint density at radius 1 is 1.38 bits per heavy atom. The van der Waals surface area contributed by atoms with Crippen molar-refractivity contribution in [3.8, 4) is 17.2 Å². The van der Waals surface area contributed by atoms with Gasteiger partial charge < -0.3 is 15.0 Å². The fourth-order valence-corrected chi connectivity index (χ4v) is 3.97. The Kier molecular flexibility index (Phi) is 4.79. The van der Waals surface area contributed by atoms with Crippen LogP contribution in [0.3, 0.4) is 0 Å². The lowest BCUT2D eigenvalue weighted by Gasteiger charge is -2.27. The van der Waals surface area contributed by atoms with Crippen molar-refractivity contribution in [1.82, 2.24) is 5.32 Å². The first-order valence-electron chi connectivity index (χ1n) is 7.54. The predicted octanol–water partition coefficient (Wildman–Crippen LogP) is 2.62. The molecule has 2 aromatic rings. The van der Waals surface area contributed by atoms with Crippen molar-refractivity contribution in [3.05, 3.63) is 40.5 Å². The second-order valence-corrected chi connectivity index (χ2v) is 6.26. The van der Waals surface area contributed by atoms with Gasteiger partial charge in [0.25, 0.3) is 5.91 Å². The molecule has 0 atom stereocenters. The molecule has 2 heterocycles. The summed E-state index contributed by atoms with van der Waals surface area (Å²) < 4.78 is 19.7. The number of hydrogen-bond donors (Lipinski definition) is 1. The van der Waals surface area contributed by atoms with E-state index in [1.54, 1.807) is 18.2 Å². The summed E-state index contributed by atoms with van der Waals surface area (Å²) in [5.74, 6) is -0.778. The van der Waals surface area contributed by atoms with E-state index in [1.807, 2.05) is 4.90 Å². The van der Waals surface area contributed by atoms with E-state index in [9.17, 15) is 14.4 Å². The van der Waals surface area contributed by atoms with Gasteiger partial charge in [-0.25, -0.2) is 4.39 Å². The van der Waals surface area contributed by atoms with Crippen molar-refractivity contribution < 1.29 is 13.9 Å². The zero-order valence-corrected chi connectivity index (χ0v) is 14.0. The van der Waals surface area contributed by atoms with Crippen LogP contribution in [0.5, 0.6) is 0 Å². The molecule has 1 amide bonds. The summed E-state index contributed by atoms with van der Waals surface area (Å²) in [6.45, 7) is 2.40. The molecule has 0 bridgehead atoms. The normalized spacial score (nSPS) is 14.3. The van der Waals surface area contributed by atoms with Crippen LogP contribution in [0, 0.1) is 17.1 Å². The molecule has 0 unspecified atom stereocenters. The number of hydrogen-bond acceptors (Lipinski definition) is 5. The van der Waals surface area contributed by atoms with Crippen LogP contribution in [-0.4, -0.2) is 39.3 Å². The Morgan fingerprint density at radius 2 is 2.08 bits per heavy atom. The van der Waals surface area contributed by atoms with E-state index in [1.165, 1.54) is 24.5 Å². The third-order valence-electron chi connectivity index (χ3n) is 3.88. The number of nitrogens with zero attached hydrogens (tertiary/aromatic N) is 2. The van der Waals surface area contributed by atoms with Gasteiger partial charge >= 0.3 is 0 Å². The van der Waals surface area contributed by atoms with Crippen LogP contribution < -0.4 is 10.2 Å². The number of halogens is 1. The van der Waals surface area contributed by atoms with Crippen LogP contribution in [0.15, 0.2) is 24.3 Å². The zero-order chi connectivity index (χ0) is 17.1. The number of anilines is 1. The lowest BCUT2D eigenvalue weighted by Crippen LogP contribution is -2.36.